The lowest BCUT2D eigenvalue weighted by atomic mass is 10.0. The van der Waals surface area contributed by atoms with Gasteiger partial charge in [0.25, 0.3) is 0 Å². The maximum atomic E-state index is 13.6. The van der Waals surface area contributed by atoms with Gasteiger partial charge in [0.1, 0.15) is 17.3 Å². The highest BCUT2D eigenvalue weighted by Gasteiger charge is 2.24. The first kappa shape index (κ1) is 21.9. The molecule has 8 heteroatoms. The van der Waals surface area contributed by atoms with Crippen molar-refractivity contribution in [3.8, 4) is 34.0 Å². The Balaban J connectivity index is 1.96. The molecule has 33 heavy (non-hydrogen) atoms. The summed E-state index contributed by atoms with van der Waals surface area (Å²) in [5.41, 5.74) is 3.21. The Labute approximate surface area is 188 Å². The lowest BCUT2D eigenvalue weighted by Gasteiger charge is -2.10. The molecule has 0 unspecified atom stereocenters. The fourth-order valence-electron chi connectivity index (χ4n) is 3.38. The Bertz CT molecular complexity index is 1310. The van der Waals surface area contributed by atoms with Gasteiger partial charge >= 0.3 is 5.97 Å². The molecule has 1 amide bonds. The van der Waals surface area contributed by atoms with E-state index in [1.54, 1.807) is 36.4 Å². The number of carbonyl (C=O) groups is 2. The van der Waals surface area contributed by atoms with E-state index in [2.05, 4.69) is 10.4 Å². The van der Waals surface area contributed by atoms with E-state index >= 15 is 0 Å². The topological polar surface area (TPSA) is 73.2 Å². The minimum atomic E-state index is -0.569. The molecule has 0 aliphatic heterocycles. The quantitative estimate of drug-likeness (QED) is 0.418. The highest BCUT2D eigenvalue weighted by Crippen LogP contribution is 2.41. The van der Waals surface area contributed by atoms with Gasteiger partial charge in [-0.2, -0.15) is 9.78 Å². The van der Waals surface area contributed by atoms with Crippen LogP contribution in [0.15, 0.2) is 72.8 Å². The molecular weight excluding hydrogens is 428 g/mol. The van der Waals surface area contributed by atoms with Crippen LogP contribution in [0.4, 0.5) is 14.5 Å². The standard InChI is InChI=1S/C25H19F2N3O3/c1-15(31)28-21-11-5-17(6-12-21)23-24(18-3-7-19(26)8-4-18)29-30(25(23)33-16(2)32)22-13-9-20(27)10-14-22/h3-14H,1-2H3,(H,28,31). The monoisotopic (exact) mass is 447 g/mol. The highest BCUT2D eigenvalue weighted by molar-refractivity contribution is 5.91. The van der Waals surface area contributed by atoms with Crippen molar-refractivity contribution in [3.63, 3.8) is 0 Å². The molecule has 0 radical (unpaired) electrons. The number of anilines is 1. The maximum Gasteiger partial charge on any atom is 0.309 e. The zero-order chi connectivity index (χ0) is 23.5. The van der Waals surface area contributed by atoms with Crippen LogP contribution in [-0.2, 0) is 9.59 Å². The first-order chi connectivity index (χ1) is 15.8. The number of carbonyl (C=O) groups excluding carboxylic acids is 2. The van der Waals surface area contributed by atoms with Gasteiger partial charge in [0, 0.05) is 25.1 Å². The van der Waals surface area contributed by atoms with Crippen molar-refractivity contribution in [1.29, 1.82) is 0 Å². The first-order valence-electron chi connectivity index (χ1n) is 10.0. The zero-order valence-electron chi connectivity index (χ0n) is 17.8. The van der Waals surface area contributed by atoms with E-state index in [1.807, 2.05) is 0 Å². The lowest BCUT2D eigenvalue weighted by molar-refractivity contribution is -0.132. The normalized spacial score (nSPS) is 10.7. The van der Waals surface area contributed by atoms with Gasteiger partial charge in [-0.1, -0.05) is 12.1 Å². The number of hydrogen-bond acceptors (Lipinski definition) is 4. The van der Waals surface area contributed by atoms with E-state index < -0.39 is 17.6 Å². The maximum absolute atomic E-state index is 13.6. The molecular formula is C25H19F2N3O3. The molecule has 6 nitrogen and oxygen atoms in total. The van der Waals surface area contributed by atoms with Gasteiger partial charge in [0.15, 0.2) is 0 Å². The Morgan fingerprint density at radius 1 is 0.818 bits per heavy atom. The predicted octanol–water partition coefficient (Wildman–Crippen LogP) is 5.37. The van der Waals surface area contributed by atoms with Crippen LogP contribution in [0.25, 0.3) is 28.1 Å². The average Bonchev–Trinajstić information content (AvgIpc) is 3.13. The number of rotatable bonds is 5. The number of amides is 1. The minimum Gasteiger partial charge on any atom is -0.407 e. The number of nitrogens with one attached hydrogen (secondary N) is 1. The zero-order valence-corrected chi connectivity index (χ0v) is 17.8. The van der Waals surface area contributed by atoms with Crippen LogP contribution >= 0.6 is 0 Å². The molecule has 0 bridgehead atoms. The van der Waals surface area contributed by atoms with Gasteiger partial charge in [0.2, 0.25) is 11.8 Å². The summed E-state index contributed by atoms with van der Waals surface area (Å²) >= 11 is 0. The number of benzene rings is 3. The number of ether oxygens (including phenoxy) is 1. The Kier molecular flexibility index (Phi) is 5.99. The molecule has 0 aliphatic rings. The van der Waals surface area contributed by atoms with Gasteiger partial charge in [-0.05, 0) is 66.2 Å². The molecule has 0 fully saturated rings. The van der Waals surface area contributed by atoms with Crippen molar-refractivity contribution in [1.82, 2.24) is 9.78 Å². The minimum absolute atomic E-state index is 0.126. The fourth-order valence-corrected chi connectivity index (χ4v) is 3.38. The molecule has 1 aromatic heterocycles. The number of esters is 1. The molecule has 166 valence electrons. The fraction of sp³-hybridized carbons (Fsp3) is 0.0800. The highest BCUT2D eigenvalue weighted by atomic mass is 19.1. The largest absolute Gasteiger partial charge is 0.407 e. The van der Waals surface area contributed by atoms with Crippen molar-refractivity contribution >= 4 is 17.6 Å². The summed E-state index contributed by atoms with van der Waals surface area (Å²) < 4.78 is 34.0. The van der Waals surface area contributed by atoms with E-state index in [0.29, 0.717) is 33.8 Å². The van der Waals surface area contributed by atoms with Crippen molar-refractivity contribution in [2.24, 2.45) is 0 Å². The SMILES string of the molecule is CC(=O)Nc1ccc(-c2c(-c3ccc(F)cc3)nn(-c3ccc(F)cc3)c2OC(C)=O)cc1. The molecule has 0 saturated heterocycles. The van der Waals surface area contributed by atoms with Gasteiger partial charge in [-0.15, -0.1) is 0 Å². The summed E-state index contributed by atoms with van der Waals surface area (Å²) in [5.74, 6) is -1.48. The molecule has 1 N–H and O–H groups in total. The van der Waals surface area contributed by atoms with Crippen molar-refractivity contribution in [3.05, 3.63) is 84.4 Å². The van der Waals surface area contributed by atoms with Gasteiger partial charge in [-0.3, -0.25) is 9.59 Å². The summed E-state index contributed by atoms with van der Waals surface area (Å²) in [4.78, 5) is 23.3. The van der Waals surface area contributed by atoms with E-state index in [9.17, 15) is 18.4 Å². The van der Waals surface area contributed by atoms with Crippen LogP contribution in [-0.4, -0.2) is 21.7 Å². The van der Waals surface area contributed by atoms with E-state index in [4.69, 9.17) is 4.74 Å². The molecule has 1 heterocycles. The van der Waals surface area contributed by atoms with E-state index in [-0.39, 0.29) is 11.8 Å². The predicted molar refractivity (Wildman–Crippen MR) is 120 cm³/mol. The molecule has 0 spiro atoms. The van der Waals surface area contributed by atoms with Crippen LogP contribution in [0.1, 0.15) is 13.8 Å². The Hall–Kier alpha value is -4.33. The smallest absolute Gasteiger partial charge is 0.309 e. The van der Waals surface area contributed by atoms with E-state index in [0.717, 1.165) is 0 Å². The van der Waals surface area contributed by atoms with Crippen LogP contribution in [0.5, 0.6) is 5.88 Å². The second kappa shape index (κ2) is 9.04. The van der Waals surface area contributed by atoms with E-state index in [1.165, 1.54) is 54.9 Å². The molecule has 4 aromatic rings. The molecule has 0 saturated carbocycles. The van der Waals surface area contributed by atoms with Crippen molar-refractivity contribution in [2.75, 3.05) is 5.32 Å². The Morgan fingerprint density at radius 2 is 1.36 bits per heavy atom. The third-order valence-corrected chi connectivity index (χ3v) is 4.77. The number of aromatic nitrogens is 2. The lowest BCUT2D eigenvalue weighted by Crippen LogP contribution is -2.08. The van der Waals surface area contributed by atoms with Crippen LogP contribution < -0.4 is 10.1 Å². The molecule has 3 aromatic carbocycles. The van der Waals surface area contributed by atoms with Crippen molar-refractivity contribution in [2.45, 2.75) is 13.8 Å². The molecule has 0 atom stereocenters. The summed E-state index contributed by atoms with van der Waals surface area (Å²) in [6.07, 6.45) is 0. The average molecular weight is 447 g/mol. The second-order valence-electron chi connectivity index (χ2n) is 7.28. The number of nitrogens with zero attached hydrogens (tertiary/aromatic N) is 2. The number of halogens is 2. The summed E-state index contributed by atoms with van der Waals surface area (Å²) in [6, 6.07) is 18.2. The Morgan fingerprint density at radius 3 is 1.91 bits per heavy atom. The van der Waals surface area contributed by atoms with Crippen LogP contribution in [0.3, 0.4) is 0 Å². The van der Waals surface area contributed by atoms with Gasteiger partial charge in [-0.25, -0.2) is 8.78 Å². The summed E-state index contributed by atoms with van der Waals surface area (Å²) in [7, 11) is 0. The molecule has 0 aliphatic carbocycles. The summed E-state index contributed by atoms with van der Waals surface area (Å²) in [6.45, 7) is 2.68. The first-order valence-corrected chi connectivity index (χ1v) is 10.0. The van der Waals surface area contributed by atoms with Crippen molar-refractivity contribution < 1.29 is 23.1 Å². The van der Waals surface area contributed by atoms with Crippen LogP contribution in [0, 0.1) is 11.6 Å². The summed E-state index contributed by atoms with van der Waals surface area (Å²) in [5, 5.41) is 7.33. The second-order valence-corrected chi connectivity index (χ2v) is 7.28. The van der Waals surface area contributed by atoms with Gasteiger partial charge in [0.05, 0.1) is 11.3 Å². The third kappa shape index (κ3) is 4.79. The molecule has 4 rings (SSSR count). The number of hydrogen-bond donors (Lipinski definition) is 1. The van der Waals surface area contributed by atoms with Crippen LogP contribution in [0.2, 0.25) is 0 Å². The van der Waals surface area contributed by atoms with Gasteiger partial charge < -0.3 is 10.1 Å². The third-order valence-electron chi connectivity index (χ3n) is 4.77.